The number of nitrogens with two attached hydrogens (primary N) is 1. The Kier molecular flexibility index (Phi) is 3.23. The van der Waals surface area contributed by atoms with E-state index in [2.05, 4.69) is 26.1 Å². The quantitative estimate of drug-likeness (QED) is 0.913. The Bertz CT molecular complexity index is 540. The van der Waals surface area contributed by atoms with Crippen molar-refractivity contribution in [1.82, 2.24) is 10.2 Å². The smallest absolute Gasteiger partial charge is 0.170 e. The van der Waals surface area contributed by atoms with Crippen LogP contribution >= 0.6 is 15.9 Å². The van der Waals surface area contributed by atoms with Crippen molar-refractivity contribution in [1.29, 1.82) is 0 Å². The lowest BCUT2D eigenvalue weighted by Crippen LogP contribution is -1.94. The van der Waals surface area contributed by atoms with E-state index in [4.69, 9.17) is 15.2 Å². The molecule has 0 aliphatic rings. The van der Waals surface area contributed by atoms with Crippen molar-refractivity contribution in [3.63, 3.8) is 0 Å². The molecule has 17 heavy (non-hydrogen) atoms. The van der Waals surface area contributed by atoms with Crippen LogP contribution in [-0.2, 0) is 0 Å². The van der Waals surface area contributed by atoms with E-state index in [-0.39, 0.29) is 0 Å². The fourth-order valence-corrected chi connectivity index (χ4v) is 2.04. The van der Waals surface area contributed by atoms with Gasteiger partial charge in [-0.05, 0) is 12.1 Å². The number of nitrogens with one attached hydrogen (secondary N) is 1. The van der Waals surface area contributed by atoms with Crippen LogP contribution in [0.3, 0.4) is 0 Å². The van der Waals surface area contributed by atoms with Crippen molar-refractivity contribution in [3.05, 3.63) is 22.7 Å². The Morgan fingerprint density at radius 1 is 1.24 bits per heavy atom. The summed E-state index contributed by atoms with van der Waals surface area (Å²) in [5.74, 6) is 1.71. The number of H-pyrrole nitrogens is 1. The first-order chi connectivity index (χ1) is 8.15. The molecular weight excluding hydrogens is 286 g/mol. The third kappa shape index (κ3) is 2.21. The average molecular weight is 298 g/mol. The van der Waals surface area contributed by atoms with Crippen molar-refractivity contribution in [2.75, 3.05) is 20.0 Å². The Morgan fingerprint density at radius 2 is 2.00 bits per heavy atom. The van der Waals surface area contributed by atoms with Gasteiger partial charge in [0.1, 0.15) is 5.82 Å². The van der Waals surface area contributed by atoms with E-state index >= 15 is 0 Å². The first-order valence-corrected chi connectivity index (χ1v) is 5.67. The summed E-state index contributed by atoms with van der Waals surface area (Å²) in [5.41, 5.74) is 7.20. The maximum absolute atomic E-state index is 5.59. The zero-order valence-electron chi connectivity index (χ0n) is 9.45. The normalized spacial score (nSPS) is 10.3. The average Bonchev–Trinajstić information content (AvgIpc) is 2.74. The van der Waals surface area contributed by atoms with Crippen LogP contribution in [0.1, 0.15) is 0 Å². The highest BCUT2D eigenvalue weighted by atomic mass is 79.9. The molecule has 2 aromatic rings. The molecule has 0 bridgehead atoms. The van der Waals surface area contributed by atoms with Gasteiger partial charge in [-0.2, -0.15) is 5.10 Å². The van der Waals surface area contributed by atoms with E-state index < -0.39 is 0 Å². The van der Waals surface area contributed by atoms with Crippen molar-refractivity contribution >= 4 is 21.7 Å². The first kappa shape index (κ1) is 11.8. The van der Waals surface area contributed by atoms with E-state index in [0.29, 0.717) is 17.3 Å². The molecule has 3 N–H and O–H groups in total. The second-order valence-electron chi connectivity index (χ2n) is 3.40. The molecule has 0 saturated heterocycles. The van der Waals surface area contributed by atoms with Crippen molar-refractivity contribution in [2.45, 2.75) is 0 Å². The minimum Gasteiger partial charge on any atom is -0.493 e. The van der Waals surface area contributed by atoms with Gasteiger partial charge >= 0.3 is 0 Å². The van der Waals surface area contributed by atoms with Crippen LogP contribution in [0.4, 0.5) is 5.82 Å². The minimum absolute atomic E-state index is 0.431. The lowest BCUT2D eigenvalue weighted by Gasteiger charge is -2.12. The van der Waals surface area contributed by atoms with Crippen molar-refractivity contribution in [3.8, 4) is 22.8 Å². The van der Waals surface area contributed by atoms with Crippen molar-refractivity contribution in [2.24, 2.45) is 0 Å². The molecule has 0 saturated carbocycles. The Balaban J connectivity index is 2.63. The molecular formula is C11H12BrN3O2. The lowest BCUT2D eigenvalue weighted by molar-refractivity contribution is 0.356. The number of rotatable bonds is 3. The SMILES string of the molecule is COc1cc(Br)cc(-c2cc(N)n[nH]2)c1OC. The van der Waals surface area contributed by atoms with Crippen LogP contribution in [0.2, 0.25) is 0 Å². The number of hydrogen-bond donors (Lipinski definition) is 2. The summed E-state index contributed by atoms with van der Waals surface area (Å²) in [7, 11) is 3.18. The number of aromatic nitrogens is 2. The molecule has 0 unspecified atom stereocenters. The number of nitrogens with zero attached hydrogens (tertiary/aromatic N) is 1. The number of halogens is 1. The number of benzene rings is 1. The molecule has 6 heteroatoms. The molecule has 0 aliphatic carbocycles. The van der Waals surface area contributed by atoms with E-state index in [1.165, 1.54) is 0 Å². The summed E-state index contributed by atoms with van der Waals surface area (Å²) < 4.78 is 11.5. The van der Waals surface area contributed by atoms with Gasteiger partial charge in [-0.15, -0.1) is 0 Å². The van der Waals surface area contributed by atoms with Gasteiger partial charge in [0.2, 0.25) is 0 Å². The monoisotopic (exact) mass is 297 g/mol. The molecule has 0 amide bonds. The zero-order chi connectivity index (χ0) is 12.4. The molecule has 0 radical (unpaired) electrons. The highest BCUT2D eigenvalue weighted by molar-refractivity contribution is 9.10. The van der Waals surface area contributed by atoms with Crippen LogP contribution in [0, 0.1) is 0 Å². The van der Waals surface area contributed by atoms with Gasteiger partial charge in [0.15, 0.2) is 11.5 Å². The summed E-state index contributed by atoms with van der Waals surface area (Å²) in [6.45, 7) is 0. The predicted molar refractivity (Wildman–Crippen MR) is 69.2 cm³/mol. The second-order valence-corrected chi connectivity index (χ2v) is 4.31. The molecule has 0 atom stereocenters. The maximum Gasteiger partial charge on any atom is 0.170 e. The summed E-state index contributed by atoms with van der Waals surface area (Å²) in [4.78, 5) is 0. The molecule has 90 valence electrons. The number of anilines is 1. The standard InChI is InChI=1S/C11H12BrN3O2/c1-16-9-4-6(12)3-7(11(9)17-2)8-5-10(13)15-14-8/h3-5H,1-2H3,(H3,13,14,15). The minimum atomic E-state index is 0.431. The lowest BCUT2D eigenvalue weighted by atomic mass is 10.1. The van der Waals surface area contributed by atoms with Gasteiger partial charge < -0.3 is 15.2 Å². The highest BCUT2D eigenvalue weighted by Gasteiger charge is 2.14. The molecule has 2 rings (SSSR count). The first-order valence-electron chi connectivity index (χ1n) is 4.88. The third-order valence-electron chi connectivity index (χ3n) is 2.33. The number of nitrogen functional groups attached to an aromatic ring is 1. The van der Waals surface area contributed by atoms with Gasteiger partial charge in [-0.3, -0.25) is 5.10 Å². The van der Waals surface area contributed by atoms with Crippen LogP contribution in [0.25, 0.3) is 11.3 Å². The van der Waals surface area contributed by atoms with E-state index in [1.807, 2.05) is 12.1 Å². The zero-order valence-corrected chi connectivity index (χ0v) is 11.0. The summed E-state index contributed by atoms with van der Waals surface area (Å²) in [6.07, 6.45) is 0. The Labute approximate surface area is 107 Å². The topological polar surface area (TPSA) is 73.2 Å². The van der Waals surface area contributed by atoms with Gasteiger partial charge in [0.05, 0.1) is 19.9 Å². The molecule has 0 spiro atoms. The van der Waals surface area contributed by atoms with Crippen LogP contribution in [0.15, 0.2) is 22.7 Å². The summed E-state index contributed by atoms with van der Waals surface area (Å²) >= 11 is 3.42. The highest BCUT2D eigenvalue weighted by Crippen LogP contribution is 2.40. The van der Waals surface area contributed by atoms with Gasteiger partial charge in [0.25, 0.3) is 0 Å². The third-order valence-corrected chi connectivity index (χ3v) is 2.79. The number of methoxy groups -OCH3 is 2. The van der Waals surface area contributed by atoms with Gasteiger partial charge in [-0.25, -0.2) is 0 Å². The fraction of sp³-hybridized carbons (Fsp3) is 0.182. The molecule has 1 aromatic heterocycles. The summed E-state index contributed by atoms with van der Waals surface area (Å²) in [5, 5.41) is 6.74. The fourth-order valence-electron chi connectivity index (χ4n) is 1.61. The maximum atomic E-state index is 5.59. The molecule has 0 aliphatic heterocycles. The van der Waals surface area contributed by atoms with E-state index in [0.717, 1.165) is 15.7 Å². The molecule has 1 heterocycles. The van der Waals surface area contributed by atoms with Crippen LogP contribution < -0.4 is 15.2 Å². The molecule has 1 aromatic carbocycles. The number of hydrogen-bond acceptors (Lipinski definition) is 4. The molecule has 5 nitrogen and oxygen atoms in total. The van der Waals surface area contributed by atoms with Crippen molar-refractivity contribution < 1.29 is 9.47 Å². The Hall–Kier alpha value is -1.69. The predicted octanol–water partition coefficient (Wildman–Crippen LogP) is 2.44. The van der Waals surface area contributed by atoms with E-state index in [1.54, 1.807) is 20.3 Å². The largest absolute Gasteiger partial charge is 0.493 e. The van der Waals surface area contributed by atoms with Gasteiger partial charge in [-0.1, -0.05) is 15.9 Å². The van der Waals surface area contributed by atoms with E-state index in [9.17, 15) is 0 Å². The summed E-state index contributed by atoms with van der Waals surface area (Å²) in [6, 6.07) is 5.49. The Morgan fingerprint density at radius 3 is 2.53 bits per heavy atom. The van der Waals surface area contributed by atoms with Gasteiger partial charge in [0, 0.05) is 16.1 Å². The number of ether oxygens (including phenoxy) is 2. The number of aromatic amines is 1. The second kappa shape index (κ2) is 4.67. The van der Waals surface area contributed by atoms with Crippen LogP contribution in [0.5, 0.6) is 11.5 Å². The van der Waals surface area contributed by atoms with Crippen LogP contribution in [-0.4, -0.2) is 24.4 Å². The molecule has 0 fully saturated rings.